The molecule has 16 heavy (non-hydrogen) atoms. The molecule has 0 aromatic carbocycles. The molecule has 1 unspecified atom stereocenters. The van der Waals surface area contributed by atoms with Crippen LogP contribution in [-0.2, 0) is 4.74 Å². The second-order valence-electron chi connectivity index (χ2n) is 4.46. The van der Waals surface area contributed by atoms with E-state index in [1.165, 1.54) is 0 Å². The molecule has 4 heteroatoms. The first-order chi connectivity index (χ1) is 7.53. The lowest BCUT2D eigenvalue weighted by Crippen LogP contribution is -2.35. The number of hydrogen-bond acceptors (Lipinski definition) is 4. The van der Waals surface area contributed by atoms with Crippen molar-refractivity contribution in [2.24, 2.45) is 0 Å². The molecule has 1 aliphatic heterocycles. The molecule has 2 heterocycles. The number of nitrogens with two attached hydrogens (primary N) is 1. The standard InChI is InChI=1S/C12H16N2O2/c1-8-6-9(11(13)14-7-8)10(15)12(2)4-3-5-16-12/h6-7H,3-5H2,1-2H3,(H2,13,14). The highest BCUT2D eigenvalue weighted by Crippen LogP contribution is 2.30. The van der Waals surface area contributed by atoms with Gasteiger partial charge in [0.25, 0.3) is 0 Å². The van der Waals surface area contributed by atoms with E-state index in [0.29, 0.717) is 12.2 Å². The summed E-state index contributed by atoms with van der Waals surface area (Å²) in [6, 6.07) is 1.78. The topological polar surface area (TPSA) is 65.2 Å². The quantitative estimate of drug-likeness (QED) is 0.771. The minimum Gasteiger partial charge on any atom is -0.383 e. The van der Waals surface area contributed by atoms with Crippen molar-refractivity contribution in [3.8, 4) is 0 Å². The Hall–Kier alpha value is -1.42. The van der Waals surface area contributed by atoms with E-state index in [9.17, 15) is 4.79 Å². The molecule has 1 aliphatic rings. The van der Waals surface area contributed by atoms with Crippen molar-refractivity contribution >= 4 is 11.6 Å². The molecule has 1 aromatic rings. The number of Topliss-reactive ketones (excluding diaryl/α,β-unsaturated/α-hetero) is 1. The first-order valence-corrected chi connectivity index (χ1v) is 5.44. The highest BCUT2D eigenvalue weighted by atomic mass is 16.5. The van der Waals surface area contributed by atoms with Gasteiger partial charge in [0.2, 0.25) is 0 Å². The number of aryl methyl sites for hydroxylation is 1. The van der Waals surface area contributed by atoms with Crippen LogP contribution >= 0.6 is 0 Å². The lowest BCUT2D eigenvalue weighted by molar-refractivity contribution is 0.0214. The molecule has 0 radical (unpaired) electrons. The Bertz CT molecular complexity index is 423. The Morgan fingerprint density at radius 1 is 1.62 bits per heavy atom. The van der Waals surface area contributed by atoms with Gasteiger partial charge < -0.3 is 10.5 Å². The lowest BCUT2D eigenvalue weighted by Gasteiger charge is -2.22. The number of nitrogen functional groups attached to an aromatic ring is 1. The van der Waals surface area contributed by atoms with Crippen LogP contribution in [0.15, 0.2) is 12.3 Å². The van der Waals surface area contributed by atoms with Crippen molar-refractivity contribution in [2.45, 2.75) is 32.3 Å². The van der Waals surface area contributed by atoms with Crippen molar-refractivity contribution in [1.82, 2.24) is 4.98 Å². The molecule has 1 atom stereocenters. The van der Waals surface area contributed by atoms with Gasteiger partial charge in [0, 0.05) is 12.8 Å². The van der Waals surface area contributed by atoms with Gasteiger partial charge in [-0.3, -0.25) is 4.79 Å². The molecule has 86 valence electrons. The third kappa shape index (κ3) is 1.80. The number of hydrogen-bond donors (Lipinski definition) is 1. The molecule has 0 amide bonds. The van der Waals surface area contributed by atoms with Gasteiger partial charge in [-0.05, 0) is 38.3 Å². The first-order valence-electron chi connectivity index (χ1n) is 5.44. The fourth-order valence-corrected chi connectivity index (χ4v) is 2.00. The Labute approximate surface area is 94.8 Å². The number of aromatic nitrogens is 1. The molecule has 2 N–H and O–H groups in total. The molecule has 0 aliphatic carbocycles. The molecule has 1 saturated heterocycles. The van der Waals surface area contributed by atoms with E-state index in [-0.39, 0.29) is 11.6 Å². The predicted molar refractivity (Wildman–Crippen MR) is 61.3 cm³/mol. The average molecular weight is 220 g/mol. The molecule has 1 fully saturated rings. The van der Waals surface area contributed by atoms with Crippen LogP contribution in [0.3, 0.4) is 0 Å². The van der Waals surface area contributed by atoms with Crippen LogP contribution in [-0.4, -0.2) is 23.0 Å². The smallest absolute Gasteiger partial charge is 0.198 e. The maximum atomic E-state index is 12.3. The van der Waals surface area contributed by atoms with Gasteiger partial charge in [-0.1, -0.05) is 0 Å². The normalized spacial score (nSPS) is 24.6. The van der Waals surface area contributed by atoms with E-state index in [0.717, 1.165) is 18.4 Å². The van der Waals surface area contributed by atoms with Crippen LogP contribution in [0.5, 0.6) is 0 Å². The van der Waals surface area contributed by atoms with Crippen molar-refractivity contribution in [2.75, 3.05) is 12.3 Å². The highest BCUT2D eigenvalue weighted by molar-refractivity contribution is 6.05. The van der Waals surface area contributed by atoms with E-state index < -0.39 is 5.60 Å². The summed E-state index contributed by atoms with van der Waals surface area (Å²) < 4.78 is 5.52. The fourth-order valence-electron chi connectivity index (χ4n) is 2.00. The van der Waals surface area contributed by atoms with Crippen LogP contribution in [0.4, 0.5) is 5.82 Å². The van der Waals surface area contributed by atoms with Gasteiger partial charge in [0.05, 0.1) is 5.56 Å². The molecule has 0 bridgehead atoms. The summed E-state index contributed by atoms with van der Waals surface area (Å²) in [5.74, 6) is 0.228. The van der Waals surface area contributed by atoms with E-state index >= 15 is 0 Å². The Morgan fingerprint density at radius 2 is 2.38 bits per heavy atom. The zero-order valence-electron chi connectivity index (χ0n) is 9.62. The van der Waals surface area contributed by atoms with Gasteiger partial charge in [-0.15, -0.1) is 0 Å². The van der Waals surface area contributed by atoms with E-state index in [4.69, 9.17) is 10.5 Å². The third-order valence-corrected chi connectivity index (χ3v) is 3.00. The number of ether oxygens (including phenoxy) is 1. The minimum absolute atomic E-state index is 0.0568. The highest BCUT2D eigenvalue weighted by Gasteiger charge is 2.39. The van der Waals surface area contributed by atoms with Crippen molar-refractivity contribution < 1.29 is 9.53 Å². The SMILES string of the molecule is Cc1cnc(N)c(C(=O)C2(C)CCCO2)c1. The van der Waals surface area contributed by atoms with Crippen LogP contribution < -0.4 is 5.73 Å². The third-order valence-electron chi connectivity index (χ3n) is 3.00. The molecule has 1 aromatic heterocycles. The van der Waals surface area contributed by atoms with E-state index in [1.54, 1.807) is 12.3 Å². The molecule has 4 nitrogen and oxygen atoms in total. The van der Waals surface area contributed by atoms with Crippen LogP contribution in [0.1, 0.15) is 35.7 Å². The summed E-state index contributed by atoms with van der Waals surface area (Å²) in [5, 5.41) is 0. The summed E-state index contributed by atoms with van der Waals surface area (Å²) in [6.45, 7) is 4.35. The summed E-state index contributed by atoms with van der Waals surface area (Å²) in [5.41, 5.74) is 6.42. The van der Waals surface area contributed by atoms with Gasteiger partial charge in [0.15, 0.2) is 5.78 Å². The number of pyridine rings is 1. The van der Waals surface area contributed by atoms with Gasteiger partial charge in [0.1, 0.15) is 11.4 Å². The second kappa shape index (κ2) is 3.87. The van der Waals surface area contributed by atoms with Crippen molar-refractivity contribution in [1.29, 1.82) is 0 Å². The summed E-state index contributed by atoms with van der Waals surface area (Å²) in [6.07, 6.45) is 3.32. The maximum Gasteiger partial charge on any atom is 0.198 e. The molecule has 0 saturated carbocycles. The summed E-state index contributed by atoms with van der Waals surface area (Å²) >= 11 is 0. The van der Waals surface area contributed by atoms with Gasteiger partial charge in [-0.2, -0.15) is 0 Å². The number of carbonyl (C=O) groups is 1. The maximum absolute atomic E-state index is 12.3. The molecular formula is C12H16N2O2. The van der Waals surface area contributed by atoms with Crippen LogP contribution in [0.2, 0.25) is 0 Å². The fraction of sp³-hybridized carbons (Fsp3) is 0.500. The summed E-state index contributed by atoms with van der Waals surface area (Å²) in [4.78, 5) is 16.3. The molecule has 0 spiro atoms. The zero-order valence-corrected chi connectivity index (χ0v) is 9.62. The largest absolute Gasteiger partial charge is 0.383 e. The first kappa shape index (κ1) is 11.1. The molecule has 2 rings (SSSR count). The minimum atomic E-state index is -0.719. The molecular weight excluding hydrogens is 204 g/mol. The van der Waals surface area contributed by atoms with Gasteiger partial charge in [-0.25, -0.2) is 4.98 Å². The summed E-state index contributed by atoms with van der Waals surface area (Å²) in [7, 11) is 0. The number of rotatable bonds is 2. The average Bonchev–Trinajstić information content (AvgIpc) is 2.69. The van der Waals surface area contributed by atoms with Crippen molar-refractivity contribution in [3.63, 3.8) is 0 Å². The van der Waals surface area contributed by atoms with Crippen molar-refractivity contribution in [3.05, 3.63) is 23.4 Å². The number of ketones is 1. The van der Waals surface area contributed by atoms with E-state index in [1.807, 2.05) is 13.8 Å². The van der Waals surface area contributed by atoms with Crippen LogP contribution in [0.25, 0.3) is 0 Å². The lowest BCUT2D eigenvalue weighted by atomic mass is 9.92. The monoisotopic (exact) mass is 220 g/mol. The number of anilines is 1. The Kier molecular flexibility index (Phi) is 2.68. The predicted octanol–water partition coefficient (Wildman–Crippen LogP) is 1.72. The number of nitrogens with zero attached hydrogens (tertiary/aromatic N) is 1. The van der Waals surface area contributed by atoms with Gasteiger partial charge >= 0.3 is 0 Å². The van der Waals surface area contributed by atoms with Crippen LogP contribution in [0, 0.1) is 6.92 Å². The number of carbonyl (C=O) groups excluding carboxylic acids is 1. The zero-order chi connectivity index (χ0) is 11.8. The Morgan fingerprint density at radius 3 is 3.00 bits per heavy atom. The second-order valence-corrected chi connectivity index (χ2v) is 4.46. The van der Waals surface area contributed by atoms with E-state index in [2.05, 4.69) is 4.98 Å². The Balaban J connectivity index is 2.36.